The molecule has 23 heavy (non-hydrogen) atoms. The van der Waals surface area contributed by atoms with Gasteiger partial charge in [-0.2, -0.15) is 0 Å². The molecule has 0 aliphatic rings. The Balaban J connectivity index is 1.93. The third-order valence-electron chi connectivity index (χ3n) is 3.52. The Labute approximate surface area is 136 Å². The molecule has 6 heteroatoms. The van der Waals surface area contributed by atoms with Gasteiger partial charge in [0.1, 0.15) is 5.56 Å². The number of fused-ring (bicyclic) bond motifs is 1. The summed E-state index contributed by atoms with van der Waals surface area (Å²) in [5.74, 6) is -1.27. The van der Waals surface area contributed by atoms with Crippen molar-refractivity contribution < 1.29 is 14.3 Å². The van der Waals surface area contributed by atoms with E-state index in [0.29, 0.717) is 16.8 Å². The molecule has 2 aromatic heterocycles. The Morgan fingerprint density at radius 2 is 2.09 bits per heavy atom. The van der Waals surface area contributed by atoms with Gasteiger partial charge < -0.3 is 14.4 Å². The van der Waals surface area contributed by atoms with Crippen molar-refractivity contribution in [3.8, 4) is 0 Å². The normalized spacial score (nSPS) is 10.9. The third kappa shape index (κ3) is 3.12. The van der Waals surface area contributed by atoms with Gasteiger partial charge in [-0.1, -0.05) is 29.8 Å². The number of hydrogen-bond donors (Lipinski definition) is 1. The maximum absolute atomic E-state index is 11.6. The van der Waals surface area contributed by atoms with E-state index in [1.165, 1.54) is 28.5 Å². The van der Waals surface area contributed by atoms with Gasteiger partial charge >= 0.3 is 11.6 Å². The number of benzene rings is 1. The van der Waals surface area contributed by atoms with E-state index in [4.69, 9.17) is 9.52 Å². The highest BCUT2D eigenvalue weighted by molar-refractivity contribution is 7.22. The molecule has 1 aromatic carbocycles. The summed E-state index contributed by atoms with van der Waals surface area (Å²) < 4.78 is 5.75. The number of carbonyl (C=O) groups is 1. The highest BCUT2D eigenvalue weighted by Gasteiger charge is 2.15. The molecule has 0 bridgehead atoms. The second-order valence-electron chi connectivity index (χ2n) is 5.41. The van der Waals surface area contributed by atoms with Gasteiger partial charge in [0.2, 0.25) is 0 Å². The number of carboxylic acid groups (broad SMARTS) is 1. The van der Waals surface area contributed by atoms with Gasteiger partial charge in [-0.15, -0.1) is 11.3 Å². The largest absolute Gasteiger partial charge is 0.477 e. The number of hydrogen-bond acceptors (Lipinski definition) is 5. The molecule has 0 saturated carbocycles. The summed E-state index contributed by atoms with van der Waals surface area (Å²) in [6.45, 7) is 2.76. The molecule has 3 rings (SSSR count). The van der Waals surface area contributed by atoms with E-state index < -0.39 is 11.6 Å². The summed E-state index contributed by atoms with van der Waals surface area (Å²) in [6, 6.07) is 11.4. The van der Waals surface area contributed by atoms with E-state index in [0.717, 1.165) is 5.00 Å². The molecule has 0 aliphatic carbocycles. The van der Waals surface area contributed by atoms with E-state index in [2.05, 4.69) is 12.1 Å². The molecule has 0 radical (unpaired) electrons. The molecule has 0 aliphatic heterocycles. The molecular formula is C17H15NO4S. The zero-order valence-electron chi connectivity index (χ0n) is 12.7. The maximum Gasteiger partial charge on any atom is 0.351 e. The summed E-state index contributed by atoms with van der Waals surface area (Å²) in [5.41, 5.74) is 1.63. The average molecular weight is 329 g/mol. The summed E-state index contributed by atoms with van der Waals surface area (Å²) in [6.07, 6.45) is 0. The van der Waals surface area contributed by atoms with E-state index in [1.807, 2.05) is 31.0 Å². The predicted octanol–water partition coefficient (Wildman–Crippen LogP) is 3.50. The zero-order valence-corrected chi connectivity index (χ0v) is 13.5. The molecule has 0 fully saturated rings. The fraction of sp³-hybridized carbons (Fsp3) is 0.176. The first-order valence-electron chi connectivity index (χ1n) is 7.02. The van der Waals surface area contributed by atoms with Crippen LogP contribution in [0.1, 0.15) is 21.5 Å². The minimum Gasteiger partial charge on any atom is -0.477 e. The van der Waals surface area contributed by atoms with Gasteiger partial charge in [-0.25, -0.2) is 9.59 Å². The molecule has 0 spiro atoms. The number of anilines is 1. The van der Waals surface area contributed by atoms with E-state index >= 15 is 0 Å². The number of nitrogens with zero attached hydrogens (tertiary/aromatic N) is 1. The lowest BCUT2D eigenvalue weighted by Crippen LogP contribution is -2.14. The molecule has 0 unspecified atom stereocenters. The lowest BCUT2D eigenvalue weighted by atomic mass is 10.1. The van der Waals surface area contributed by atoms with Gasteiger partial charge in [0, 0.05) is 19.7 Å². The van der Waals surface area contributed by atoms with Crippen LogP contribution >= 0.6 is 11.3 Å². The van der Waals surface area contributed by atoms with Crippen LogP contribution < -0.4 is 10.5 Å². The van der Waals surface area contributed by atoms with Crippen LogP contribution in [0.2, 0.25) is 0 Å². The third-order valence-corrected chi connectivity index (χ3v) is 4.70. The summed E-state index contributed by atoms with van der Waals surface area (Å²) in [4.78, 5) is 24.7. The Kier molecular flexibility index (Phi) is 3.92. The summed E-state index contributed by atoms with van der Waals surface area (Å²) in [7, 11) is 1.95. The minimum absolute atomic E-state index is 0.341. The Bertz CT molecular complexity index is 941. The van der Waals surface area contributed by atoms with Crippen LogP contribution in [0.15, 0.2) is 45.6 Å². The predicted molar refractivity (Wildman–Crippen MR) is 90.6 cm³/mol. The van der Waals surface area contributed by atoms with Crippen molar-refractivity contribution >= 4 is 32.6 Å². The van der Waals surface area contributed by atoms with Crippen LogP contribution in [0, 0.1) is 6.92 Å². The van der Waals surface area contributed by atoms with Crippen molar-refractivity contribution in [2.45, 2.75) is 13.5 Å². The van der Waals surface area contributed by atoms with Gasteiger partial charge in [0.25, 0.3) is 0 Å². The fourth-order valence-electron chi connectivity index (χ4n) is 2.40. The van der Waals surface area contributed by atoms with Crippen molar-refractivity contribution in [2.24, 2.45) is 0 Å². The highest BCUT2D eigenvalue weighted by Crippen LogP contribution is 2.32. The fourth-order valence-corrected chi connectivity index (χ4v) is 3.39. The average Bonchev–Trinajstić information content (AvgIpc) is 2.89. The zero-order chi connectivity index (χ0) is 16.6. The van der Waals surface area contributed by atoms with Gasteiger partial charge in [0.05, 0.1) is 9.70 Å². The van der Waals surface area contributed by atoms with Crippen molar-refractivity contribution in [2.75, 3.05) is 11.9 Å². The Morgan fingerprint density at radius 1 is 1.30 bits per heavy atom. The topological polar surface area (TPSA) is 70.8 Å². The van der Waals surface area contributed by atoms with Crippen LogP contribution in [0.25, 0.3) is 10.3 Å². The Morgan fingerprint density at radius 3 is 2.78 bits per heavy atom. The molecule has 118 valence electrons. The molecular weight excluding hydrogens is 314 g/mol. The van der Waals surface area contributed by atoms with Gasteiger partial charge in [-0.3, -0.25) is 0 Å². The number of aromatic carboxylic acids is 1. The van der Waals surface area contributed by atoms with E-state index in [9.17, 15) is 9.59 Å². The van der Waals surface area contributed by atoms with Crippen molar-refractivity contribution in [1.82, 2.24) is 0 Å². The molecule has 5 nitrogen and oxygen atoms in total. The van der Waals surface area contributed by atoms with Crippen molar-refractivity contribution in [3.05, 3.63) is 63.5 Å². The number of rotatable bonds is 4. The first-order valence-corrected chi connectivity index (χ1v) is 7.83. The lowest BCUT2D eigenvalue weighted by molar-refractivity contribution is 0.0692. The molecule has 0 saturated heterocycles. The van der Waals surface area contributed by atoms with Crippen LogP contribution in [0.3, 0.4) is 0 Å². The number of aryl methyl sites for hydroxylation is 1. The molecule has 0 atom stereocenters. The SMILES string of the molecule is Cc1cccc(CN(C)c2cc3oc(=O)c(C(=O)O)cc3s2)c1. The standard InChI is InChI=1S/C17H15NO4S/c1-10-4-3-5-11(6-10)9-18(2)15-8-13-14(23-15)7-12(16(19)20)17(21)22-13/h3-8H,9H2,1-2H3,(H,19,20). The molecule has 3 aromatic rings. The highest BCUT2D eigenvalue weighted by atomic mass is 32.1. The summed E-state index contributed by atoms with van der Waals surface area (Å²) >= 11 is 1.40. The van der Waals surface area contributed by atoms with Gasteiger partial charge in [-0.05, 0) is 18.6 Å². The molecule has 1 N–H and O–H groups in total. The monoisotopic (exact) mass is 329 g/mol. The van der Waals surface area contributed by atoms with Crippen LogP contribution in [0.5, 0.6) is 0 Å². The Hall–Kier alpha value is -2.60. The second kappa shape index (κ2) is 5.89. The summed E-state index contributed by atoms with van der Waals surface area (Å²) in [5, 5.41) is 9.91. The first-order chi connectivity index (χ1) is 10.9. The van der Waals surface area contributed by atoms with Gasteiger partial charge in [0.15, 0.2) is 5.58 Å². The second-order valence-corrected chi connectivity index (χ2v) is 6.47. The maximum atomic E-state index is 11.6. The quantitative estimate of drug-likeness (QED) is 0.793. The van der Waals surface area contributed by atoms with Crippen molar-refractivity contribution in [1.29, 1.82) is 0 Å². The van der Waals surface area contributed by atoms with E-state index in [-0.39, 0.29) is 5.56 Å². The number of carboxylic acids is 1. The van der Waals surface area contributed by atoms with E-state index in [1.54, 1.807) is 6.07 Å². The number of thiophene rings is 1. The molecule has 2 heterocycles. The first kappa shape index (κ1) is 15.3. The smallest absolute Gasteiger partial charge is 0.351 e. The van der Waals surface area contributed by atoms with Crippen LogP contribution in [-0.2, 0) is 6.54 Å². The van der Waals surface area contributed by atoms with Crippen LogP contribution in [0.4, 0.5) is 5.00 Å². The minimum atomic E-state index is -1.27. The van der Waals surface area contributed by atoms with Crippen molar-refractivity contribution in [3.63, 3.8) is 0 Å². The molecule has 0 amide bonds. The van der Waals surface area contributed by atoms with Crippen LogP contribution in [-0.4, -0.2) is 18.1 Å². The lowest BCUT2D eigenvalue weighted by Gasteiger charge is -2.17.